The van der Waals surface area contributed by atoms with Gasteiger partial charge in [-0.1, -0.05) is 44.2 Å². The van der Waals surface area contributed by atoms with Crippen molar-refractivity contribution in [3.63, 3.8) is 0 Å². The van der Waals surface area contributed by atoms with Crippen molar-refractivity contribution in [1.82, 2.24) is 0 Å². The Balaban J connectivity index is 1.77. The van der Waals surface area contributed by atoms with Gasteiger partial charge in [-0.2, -0.15) is 5.26 Å². The molecule has 28 heavy (non-hydrogen) atoms. The van der Waals surface area contributed by atoms with Gasteiger partial charge in [0, 0.05) is 5.56 Å². The van der Waals surface area contributed by atoms with Crippen LogP contribution in [-0.2, 0) is 9.53 Å². The van der Waals surface area contributed by atoms with Crippen LogP contribution >= 0.6 is 0 Å². The summed E-state index contributed by atoms with van der Waals surface area (Å²) in [4.78, 5) is 12.5. The van der Waals surface area contributed by atoms with E-state index in [9.17, 15) is 18.8 Å². The van der Waals surface area contributed by atoms with E-state index >= 15 is 0 Å². The van der Waals surface area contributed by atoms with Crippen LogP contribution in [0.4, 0.5) is 8.78 Å². The zero-order chi connectivity index (χ0) is 20.3. The molecule has 0 radical (unpaired) electrons. The monoisotopic (exact) mass is 383 g/mol. The van der Waals surface area contributed by atoms with Gasteiger partial charge in [-0.25, -0.2) is 8.78 Å². The van der Waals surface area contributed by atoms with E-state index in [0.717, 1.165) is 6.07 Å². The maximum atomic E-state index is 14.1. The number of rotatable bonds is 6. The predicted molar refractivity (Wildman–Crippen MR) is 98.4 cm³/mol. The quantitative estimate of drug-likeness (QED) is 0.620. The molecule has 0 aliphatic heterocycles. The van der Waals surface area contributed by atoms with Crippen LogP contribution < -0.4 is 4.74 Å². The zero-order valence-electron chi connectivity index (χ0n) is 15.4. The van der Waals surface area contributed by atoms with E-state index in [1.54, 1.807) is 30.3 Å². The number of para-hydroxylation sites is 1. The molecule has 0 N–H and O–H groups in total. The minimum atomic E-state index is -1.22. The molecule has 6 heteroatoms. The summed E-state index contributed by atoms with van der Waals surface area (Å²) in [5.41, 5.74) is -0.149. The first kappa shape index (κ1) is 19.6. The molecule has 3 rings (SSSR count). The Morgan fingerprint density at radius 3 is 2.61 bits per heavy atom. The smallest absolute Gasteiger partial charge is 0.311 e. The molecule has 1 unspecified atom stereocenters. The van der Waals surface area contributed by atoms with E-state index in [4.69, 9.17) is 9.47 Å². The van der Waals surface area contributed by atoms with Crippen LogP contribution in [0.5, 0.6) is 11.5 Å². The summed E-state index contributed by atoms with van der Waals surface area (Å²) in [5, 5.41) is 9.44. The Bertz CT molecular complexity index is 935. The number of esters is 1. The molecule has 4 nitrogen and oxygen atoms in total. The van der Waals surface area contributed by atoms with Crippen molar-refractivity contribution in [3.8, 4) is 17.6 Å². The highest BCUT2D eigenvalue weighted by Crippen LogP contribution is 2.59. The van der Waals surface area contributed by atoms with Crippen LogP contribution in [-0.4, -0.2) is 5.97 Å². The fourth-order valence-electron chi connectivity index (χ4n) is 3.30. The summed E-state index contributed by atoms with van der Waals surface area (Å²) < 4.78 is 37.4. The topological polar surface area (TPSA) is 59.3 Å². The average molecular weight is 383 g/mol. The Morgan fingerprint density at radius 2 is 1.96 bits per heavy atom. The van der Waals surface area contributed by atoms with Crippen molar-refractivity contribution in [2.75, 3.05) is 0 Å². The molecule has 2 aromatic carbocycles. The first-order chi connectivity index (χ1) is 13.4. The molecule has 0 spiro atoms. The van der Waals surface area contributed by atoms with Gasteiger partial charge in [0.15, 0.2) is 11.6 Å². The Labute approximate surface area is 162 Å². The lowest BCUT2D eigenvalue weighted by atomic mass is 10.1. The second-order valence-electron chi connectivity index (χ2n) is 7.19. The molecule has 144 valence electrons. The molecule has 1 fully saturated rings. The molecule has 2 aromatic rings. The highest BCUT2D eigenvalue weighted by molar-refractivity contribution is 5.78. The van der Waals surface area contributed by atoms with E-state index in [2.05, 4.69) is 0 Å². The average Bonchev–Trinajstić information content (AvgIpc) is 3.23. The SMILES string of the molecule is CC1(C)[C@H](C(=O)OC(C#N)c2ccc(F)c(Oc3ccccc3)c2)[C@@H]1C=CF. The number of halogens is 2. The summed E-state index contributed by atoms with van der Waals surface area (Å²) in [6.07, 6.45) is 0.503. The summed E-state index contributed by atoms with van der Waals surface area (Å²) in [7, 11) is 0. The zero-order valence-corrected chi connectivity index (χ0v) is 15.4. The molecule has 1 saturated carbocycles. The number of nitrogens with zero attached hydrogens (tertiary/aromatic N) is 1. The molecule has 0 heterocycles. The van der Waals surface area contributed by atoms with Gasteiger partial charge in [-0.3, -0.25) is 4.79 Å². The molecule has 1 aliphatic carbocycles. The fraction of sp³-hybridized carbons (Fsp3) is 0.273. The van der Waals surface area contributed by atoms with E-state index in [0.29, 0.717) is 17.6 Å². The summed E-state index contributed by atoms with van der Waals surface area (Å²) >= 11 is 0. The van der Waals surface area contributed by atoms with Crippen molar-refractivity contribution in [3.05, 3.63) is 72.3 Å². The molecule has 0 amide bonds. The molecule has 0 aromatic heterocycles. The third kappa shape index (κ3) is 3.89. The summed E-state index contributed by atoms with van der Waals surface area (Å²) in [6.45, 7) is 3.66. The fourth-order valence-corrected chi connectivity index (χ4v) is 3.30. The molecule has 1 aliphatic rings. The van der Waals surface area contributed by atoms with Crippen LogP contribution in [0.15, 0.2) is 60.9 Å². The molecule has 0 saturated heterocycles. The minimum absolute atomic E-state index is 0.0787. The largest absolute Gasteiger partial charge is 0.454 e. The van der Waals surface area contributed by atoms with Crippen molar-refractivity contribution < 1.29 is 23.0 Å². The van der Waals surface area contributed by atoms with E-state index in [-0.39, 0.29) is 11.7 Å². The highest BCUT2D eigenvalue weighted by Gasteiger charge is 2.61. The van der Waals surface area contributed by atoms with Gasteiger partial charge < -0.3 is 9.47 Å². The van der Waals surface area contributed by atoms with Gasteiger partial charge in [0.1, 0.15) is 11.8 Å². The van der Waals surface area contributed by atoms with Gasteiger partial charge in [-0.15, -0.1) is 0 Å². The van der Waals surface area contributed by atoms with Crippen molar-refractivity contribution in [2.45, 2.75) is 20.0 Å². The number of benzene rings is 2. The van der Waals surface area contributed by atoms with Gasteiger partial charge in [0.25, 0.3) is 0 Å². The molecule has 3 atom stereocenters. The first-order valence-corrected chi connectivity index (χ1v) is 8.78. The maximum Gasteiger partial charge on any atom is 0.311 e. The van der Waals surface area contributed by atoms with Gasteiger partial charge in [-0.05, 0) is 35.6 Å². The number of ether oxygens (including phenoxy) is 2. The van der Waals surface area contributed by atoms with E-state index in [1.165, 1.54) is 18.2 Å². The van der Waals surface area contributed by atoms with Gasteiger partial charge >= 0.3 is 5.97 Å². The normalized spacial score (nSPS) is 21.0. The van der Waals surface area contributed by atoms with Crippen molar-refractivity contribution in [1.29, 1.82) is 5.26 Å². The van der Waals surface area contributed by atoms with Crippen molar-refractivity contribution >= 4 is 5.97 Å². The number of nitriles is 1. The Kier molecular flexibility index (Phi) is 5.46. The highest BCUT2D eigenvalue weighted by atomic mass is 19.1. The predicted octanol–water partition coefficient (Wildman–Crippen LogP) is 5.48. The van der Waals surface area contributed by atoms with Crippen LogP contribution in [0, 0.1) is 34.4 Å². The number of hydrogen-bond donors (Lipinski definition) is 0. The maximum absolute atomic E-state index is 14.1. The van der Waals surface area contributed by atoms with Crippen LogP contribution in [0.1, 0.15) is 25.5 Å². The van der Waals surface area contributed by atoms with E-state index in [1.807, 2.05) is 19.9 Å². The Hall–Kier alpha value is -3.20. The third-order valence-corrected chi connectivity index (χ3v) is 5.02. The van der Waals surface area contributed by atoms with Crippen LogP contribution in [0.3, 0.4) is 0 Å². The number of hydrogen-bond acceptors (Lipinski definition) is 4. The lowest BCUT2D eigenvalue weighted by molar-refractivity contribution is -0.149. The van der Waals surface area contributed by atoms with Gasteiger partial charge in [0.2, 0.25) is 6.10 Å². The second kappa shape index (κ2) is 7.81. The summed E-state index contributed by atoms with van der Waals surface area (Å²) in [5.74, 6) is -1.65. The number of carbonyl (C=O) groups is 1. The second-order valence-corrected chi connectivity index (χ2v) is 7.19. The lowest BCUT2D eigenvalue weighted by Crippen LogP contribution is -2.14. The number of carbonyl (C=O) groups excluding carboxylic acids is 1. The van der Waals surface area contributed by atoms with Crippen molar-refractivity contribution in [2.24, 2.45) is 17.3 Å². The van der Waals surface area contributed by atoms with Crippen LogP contribution in [0.2, 0.25) is 0 Å². The standard InChI is InChI=1S/C22H19F2NO3/c1-22(2)16(10-11-23)20(22)21(26)28-19(13-25)14-8-9-17(24)18(12-14)27-15-6-4-3-5-7-15/h3-12,16,19-20H,1-2H3/t16-,19?,20-/m0/s1. The molecular weight excluding hydrogens is 364 g/mol. The van der Waals surface area contributed by atoms with Crippen LogP contribution in [0.25, 0.3) is 0 Å². The van der Waals surface area contributed by atoms with E-state index < -0.39 is 29.2 Å². The first-order valence-electron chi connectivity index (χ1n) is 8.78. The summed E-state index contributed by atoms with van der Waals surface area (Å²) in [6, 6.07) is 14.4. The number of allylic oxidation sites excluding steroid dienone is 1. The Morgan fingerprint density at radius 1 is 1.25 bits per heavy atom. The van der Waals surface area contributed by atoms with Gasteiger partial charge in [0.05, 0.1) is 12.2 Å². The third-order valence-electron chi connectivity index (χ3n) is 5.02. The minimum Gasteiger partial charge on any atom is -0.454 e. The molecule has 0 bridgehead atoms. The molecular formula is C22H19F2NO3. The lowest BCUT2D eigenvalue weighted by Gasteiger charge is -2.14.